The van der Waals surface area contributed by atoms with Gasteiger partial charge in [0.05, 0.1) is 12.8 Å². The molecule has 6 heteroatoms. The Morgan fingerprint density at radius 1 is 0.963 bits per heavy atom. The second-order valence-corrected chi connectivity index (χ2v) is 6.66. The van der Waals surface area contributed by atoms with Crippen molar-refractivity contribution in [2.24, 2.45) is 0 Å². The first-order chi connectivity index (χ1) is 13.3. The predicted octanol–water partition coefficient (Wildman–Crippen LogP) is 3.43. The van der Waals surface area contributed by atoms with Crippen LogP contribution >= 0.6 is 0 Å². The standard InChI is InChI=1S/C21H23FN4O/c22-18-3-5-19(6-4-18)25-9-11-26(12-10-25)21-14-17(7-8-24-21)15-23-16-20-2-1-13-27-20/h1-8,13-14,23H,9-12,15-16H2. The van der Waals surface area contributed by atoms with Gasteiger partial charge < -0.3 is 19.5 Å². The molecule has 0 atom stereocenters. The highest BCUT2D eigenvalue weighted by molar-refractivity contribution is 5.49. The molecule has 1 N–H and O–H groups in total. The van der Waals surface area contributed by atoms with Crippen LogP contribution in [0.1, 0.15) is 11.3 Å². The third-order valence-corrected chi connectivity index (χ3v) is 4.81. The van der Waals surface area contributed by atoms with Crippen molar-refractivity contribution < 1.29 is 8.81 Å². The van der Waals surface area contributed by atoms with E-state index in [2.05, 4.69) is 26.2 Å². The van der Waals surface area contributed by atoms with E-state index in [0.717, 1.165) is 50.0 Å². The van der Waals surface area contributed by atoms with E-state index in [9.17, 15) is 4.39 Å². The van der Waals surface area contributed by atoms with Gasteiger partial charge in [0, 0.05) is 44.6 Å². The number of aromatic nitrogens is 1. The Balaban J connectivity index is 1.32. The van der Waals surface area contributed by atoms with E-state index in [-0.39, 0.29) is 5.82 Å². The Morgan fingerprint density at radius 2 is 1.74 bits per heavy atom. The van der Waals surface area contributed by atoms with E-state index in [1.165, 1.54) is 17.7 Å². The van der Waals surface area contributed by atoms with Crippen molar-refractivity contribution in [1.82, 2.24) is 10.3 Å². The van der Waals surface area contributed by atoms with Crippen LogP contribution in [0.15, 0.2) is 65.4 Å². The number of halogens is 1. The lowest BCUT2D eigenvalue weighted by molar-refractivity contribution is 0.483. The Kier molecular flexibility index (Phi) is 5.34. The first-order valence-corrected chi connectivity index (χ1v) is 9.21. The molecule has 1 fully saturated rings. The molecule has 4 rings (SSSR count). The lowest BCUT2D eigenvalue weighted by Crippen LogP contribution is -2.46. The van der Waals surface area contributed by atoms with Gasteiger partial charge in [-0.3, -0.25) is 0 Å². The van der Waals surface area contributed by atoms with Crippen LogP contribution in [-0.4, -0.2) is 31.2 Å². The first kappa shape index (κ1) is 17.5. The van der Waals surface area contributed by atoms with E-state index in [0.29, 0.717) is 6.54 Å². The molecule has 1 aliphatic rings. The Morgan fingerprint density at radius 3 is 2.48 bits per heavy atom. The summed E-state index contributed by atoms with van der Waals surface area (Å²) in [5, 5.41) is 3.39. The maximum atomic E-state index is 13.1. The average Bonchev–Trinajstić information content (AvgIpc) is 3.23. The summed E-state index contributed by atoms with van der Waals surface area (Å²) in [6.45, 7) is 5.07. The van der Waals surface area contributed by atoms with Crippen LogP contribution in [-0.2, 0) is 13.1 Å². The molecule has 3 heterocycles. The maximum absolute atomic E-state index is 13.1. The largest absolute Gasteiger partial charge is 0.468 e. The summed E-state index contributed by atoms with van der Waals surface area (Å²) in [5.74, 6) is 1.74. The molecule has 0 bridgehead atoms. The minimum atomic E-state index is -0.195. The highest BCUT2D eigenvalue weighted by Crippen LogP contribution is 2.20. The molecule has 0 aliphatic carbocycles. The molecule has 0 saturated carbocycles. The number of rotatable bonds is 6. The van der Waals surface area contributed by atoms with Crippen molar-refractivity contribution in [3.8, 4) is 0 Å². The third-order valence-electron chi connectivity index (χ3n) is 4.81. The van der Waals surface area contributed by atoms with Crippen molar-refractivity contribution in [3.05, 3.63) is 78.1 Å². The average molecular weight is 366 g/mol. The number of pyridine rings is 1. The summed E-state index contributed by atoms with van der Waals surface area (Å²) < 4.78 is 18.4. The van der Waals surface area contributed by atoms with E-state index in [1.807, 2.05) is 36.5 Å². The molecule has 1 aromatic carbocycles. The molecule has 2 aromatic heterocycles. The number of hydrogen-bond acceptors (Lipinski definition) is 5. The smallest absolute Gasteiger partial charge is 0.128 e. The van der Waals surface area contributed by atoms with Crippen LogP contribution in [0.25, 0.3) is 0 Å². The Bertz CT molecular complexity index is 843. The molecule has 1 aliphatic heterocycles. The Hall–Kier alpha value is -2.86. The van der Waals surface area contributed by atoms with Gasteiger partial charge >= 0.3 is 0 Å². The second-order valence-electron chi connectivity index (χ2n) is 6.66. The lowest BCUT2D eigenvalue weighted by Gasteiger charge is -2.36. The molecule has 0 spiro atoms. The fourth-order valence-electron chi connectivity index (χ4n) is 3.33. The zero-order valence-corrected chi connectivity index (χ0v) is 15.1. The normalized spacial score (nSPS) is 14.6. The molecule has 0 unspecified atom stereocenters. The summed E-state index contributed by atoms with van der Waals surface area (Å²) >= 11 is 0. The monoisotopic (exact) mass is 366 g/mol. The summed E-state index contributed by atoms with van der Waals surface area (Å²) in [6.07, 6.45) is 3.55. The fourth-order valence-corrected chi connectivity index (χ4v) is 3.33. The van der Waals surface area contributed by atoms with Gasteiger partial charge in [-0.15, -0.1) is 0 Å². The number of piperazine rings is 1. The quantitative estimate of drug-likeness (QED) is 0.724. The minimum absolute atomic E-state index is 0.195. The SMILES string of the molecule is Fc1ccc(N2CCN(c3cc(CNCc4ccco4)ccn3)CC2)cc1. The van der Waals surface area contributed by atoms with Crippen molar-refractivity contribution in [2.45, 2.75) is 13.1 Å². The molecule has 0 radical (unpaired) electrons. The van der Waals surface area contributed by atoms with Crippen LogP contribution in [0.4, 0.5) is 15.9 Å². The fraction of sp³-hybridized carbons (Fsp3) is 0.286. The van der Waals surface area contributed by atoms with Crippen LogP contribution in [0.5, 0.6) is 0 Å². The zero-order valence-electron chi connectivity index (χ0n) is 15.1. The van der Waals surface area contributed by atoms with E-state index >= 15 is 0 Å². The van der Waals surface area contributed by atoms with Crippen LogP contribution in [0, 0.1) is 5.82 Å². The van der Waals surface area contributed by atoms with Crippen LogP contribution < -0.4 is 15.1 Å². The summed E-state index contributed by atoms with van der Waals surface area (Å²) in [4.78, 5) is 9.13. The number of hydrogen-bond donors (Lipinski definition) is 1. The van der Waals surface area contributed by atoms with E-state index in [4.69, 9.17) is 4.42 Å². The van der Waals surface area contributed by atoms with Gasteiger partial charge in [-0.05, 0) is 54.1 Å². The topological polar surface area (TPSA) is 44.5 Å². The zero-order chi connectivity index (χ0) is 18.5. The molecule has 1 saturated heterocycles. The second kappa shape index (κ2) is 8.22. The number of benzene rings is 1. The molecular formula is C21H23FN4O. The predicted molar refractivity (Wildman–Crippen MR) is 104 cm³/mol. The van der Waals surface area contributed by atoms with Crippen molar-refractivity contribution >= 4 is 11.5 Å². The highest BCUT2D eigenvalue weighted by Gasteiger charge is 2.18. The lowest BCUT2D eigenvalue weighted by atomic mass is 10.2. The maximum Gasteiger partial charge on any atom is 0.128 e. The molecular weight excluding hydrogens is 343 g/mol. The van der Waals surface area contributed by atoms with E-state index in [1.54, 1.807) is 6.26 Å². The number of anilines is 2. The van der Waals surface area contributed by atoms with Gasteiger partial charge in [-0.25, -0.2) is 9.37 Å². The van der Waals surface area contributed by atoms with Crippen molar-refractivity contribution in [3.63, 3.8) is 0 Å². The summed E-state index contributed by atoms with van der Waals surface area (Å²) in [5.41, 5.74) is 2.27. The number of nitrogens with zero attached hydrogens (tertiary/aromatic N) is 3. The van der Waals surface area contributed by atoms with Crippen LogP contribution in [0.3, 0.4) is 0 Å². The number of furan rings is 1. The first-order valence-electron chi connectivity index (χ1n) is 9.21. The molecule has 0 amide bonds. The minimum Gasteiger partial charge on any atom is -0.468 e. The molecule has 5 nitrogen and oxygen atoms in total. The Labute approximate surface area is 158 Å². The van der Waals surface area contributed by atoms with Crippen molar-refractivity contribution in [1.29, 1.82) is 0 Å². The van der Waals surface area contributed by atoms with E-state index < -0.39 is 0 Å². The summed E-state index contributed by atoms with van der Waals surface area (Å²) in [6, 6.07) is 14.8. The van der Waals surface area contributed by atoms with Gasteiger partial charge in [0.25, 0.3) is 0 Å². The van der Waals surface area contributed by atoms with Gasteiger partial charge in [0.1, 0.15) is 17.4 Å². The highest BCUT2D eigenvalue weighted by atomic mass is 19.1. The molecule has 3 aromatic rings. The number of nitrogens with one attached hydrogen (secondary N) is 1. The van der Waals surface area contributed by atoms with Gasteiger partial charge in [-0.2, -0.15) is 0 Å². The molecule has 27 heavy (non-hydrogen) atoms. The molecule has 140 valence electrons. The van der Waals surface area contributed by atoms with Gasteiger partial charge in [0.2, 0.25) is 0 Å². The third kappa shape index (κ3) is 4.46. The van der Waals surface area contributed by atoms with Crippen LogP contribution in [0.2, 0.25) is 0 Å². The van der Waals surface area contributed by atoms with Crippen molar-refractivity contribution in [2.75, 3.05) is 36.0 Å². The summed E-state index contributed by atoms with van der Waals surface area (Å²) in [7, 11) is 0. The van der Waals surface area contributed by atoms with Gasteiger partial charge in [0.15, 0.2) is 0 Å². The van der Waals surface area contributed by atoms with Gasteiger partial charge in [-0.1, -0.05) is 0 Å².